The fourth-order valence-electron chi connectivity index (χ4n) is 2.05. The molecule has 10 heteroatoms. The quantitative estimate of drug-likeness (QED) is 0.788. The maximum absolute atomic E-state index is 12.7. The van der Waals surface area contributed by atoms with Crippen molar-refractivity contribution >= 4 is 17.7 Å². The number of ether oxygens (including phenoxy) is 1. The van der Waals surface area contributed by atoms with Gasteiger partial charge in [-0.2, -0.15) is 13.2 Å². The second kappa shape index (κ2) is 7.77. The van der Waals surface area contributed by atoms with E-state index >= 15 is 0 Å². The van der Waals surface area contributed by atoms with E-state index in [9.17, 15) is 18.0 Å². The topological polar surface area (TPSA) is 69.0 Å². The van der Waals surface area contributed by atoms with Gasteiger partial charge in [-0.15, -0.1) is 10.2 Å². The number of alkyl halides is 3. The third-order valence-electron chi connectivity index (χ3n) is 3.39. The minimum atomic E-state index is -4.59. The second-order valence-electron chi connectivity index (χ2n) is 5.15. The van der Waals surface area contributed by atoms with Crippen LogP contribution in [0.2, 0.25) is 0 Å². The molecule has 2 rings (SSSR count). The van der Waals surface area contributed by atoms with Gasteiger partial charge in [-0.3, -0.25) is 4.79 Å². The molecule has 25 heavy (non-hydrogen) atoms. The summed E-state index contributed by atoms with van der Waals surface area (Å²) in [7, 11) is 2.75. The van der Waals surface area contributed by atoms with Crippen LogP contribution < -0.4 is 10.1 Å². The molecular weight excluding hydrogens is 357 g/mol. The molecule has 0 fully saturated rings. The van der Waals surface area contributed by atoms with E-state index in [-0.39, 0.29) is 17.6 Å². The summed E-state index contributed by atoms with van der Waals surface area (Å²) in [4.78, 5) is 12.2. The number of halogens is 3. The Balaban J connectivity index is 1.98. The molecule has 1 heterocycles. The van der Waals surface area contributed by atoms with Gasteiger partial charge in [0.25, 0.3) is 0 Å². The number of carbonyl (C=O) groups excluding carboxylic acids is 1. The van der Waals surface area contributed by atoms with Crippen molar-refractivity contribution < 1.29 is 22.7 Å². The van der Waals surface area contributed by atoms with E-state index < -0.39 is 17.3 Å². The first kappa shape index (κ1) is 19.1. The molecule has 0 saturated carbocycles. The number of thioether (sulfide) groups is 1. The Hall–Kier alpha value is -2.23. The summed E-state index contributed by atoms with van der Waals surface area (Å²) in [5.41, 5.74) is 0.800. The highest BCUT2D eigenvalue weighted by atomic mass is 32.2. The number of benzene rings is 1. The Kier molecular flexibility index (Phi) is 5.93. The lowest BCUT2D eigenvalue weighted by atomic mass is 10.2. The molecule has 0 aliphatic carbocycles. The highest BCUT2D eigenvalue weighted by Crippen LogP contribution is 2.30. The third kappa shape index (κ3) is 4.65. The predicted octanol–water partition coefficient (Wildman–Crippen LogP) is 2.64. The van der Waals surface area contributed by atoms with Crippen LogP contribution in [0.3, 0.4) is 0 Å². The van der Waals surface area contributed by atoms with Crippen molar-refractivity contribution in [1.29, 1.82) is 0 Å². The van der Waals surface area contributed by atoms with Gasteiger partial charge in [0.2, 0.25) is 11.7 Å². The smallest absolute Gasteiger partial charge is 0.451 e. The number of hydrogen-bond donors (Lipinski definition) is 1. The zero-order valence-corrected chi connectivity index (χ0v) is 14.6. The monoisotopic (exact) mass is 374 g/mol. The van der Waals surface area contributed by atoms with Crippen LogP contribution in [0.5, 0.6) is 5.75 Å². The zero-order chi connectivity index (χ0) is 18.6. The standard InChI is InChI=1S/C15H17F3N4O2S/c1-9(25-14-21-20-13(22(14)2)15(16,17)18)12(23)19-8-10-6-4-5-7-11(10)24-3/h4-7,9H,8H2,1-3H3,(H,19,23)/t9-/m1/s1. The van der Waals surface area contributed by atoms with Crippen molar-refractivity contribution in [2.24, 2.45) is 7.05 Å². The predicted molar refractivity (Wildman–Crippen MR) is 86.2 cm³/mol. The van der Waals surface area contributed by atoms with Gasteiger partial charge in [0.05, 0.1) is 12.4 Å². The van der Waals surface area contributed by atoms with E-state index in [1.165, 1.54) is 14.2 Å². The van der Waals surface area contributed by atoms with Crippen LogP contribution in [0.25, 0.3) is 0 Å². The molecule has 1 N–H and O–H groups in total. The number of nitrogens with one attached hydrogen (secondary N) is 1. The first-order valence-electron chi connectivity index (χ1n) is 7.27. The molecule has 6 nitrogen and oxygen atoms in total. The first-order chi connectivity index (χ1) is 11.7. The van der Waals surface area contributed by atoms with Gasteiger partial charge >= 0.3 is 6.18 Å². The zero-order valence-electron chi connectivity index (χ0n) is 13.8. The number of hydrogen-bond acceptors (Lipinski definition) is 5. The lowest BCUT2D eigenvalue weighted by Gasteiger charge is -2.13. The van der Waals surface area contributed by atoms with Crippen molar-refractivity contribution in [2.45, 2.75) is 30.1 Å². The van der Waals surface area contributed by atoms with Gasteiger partial charge in [0.15, 0.2) is 5.16 Å². The minimum absolute atomic E-state index is 0.0206. The average molecular weight is 374 g/mol. The summed E-state index contributed by atoms with van der Waals surface area (Å²) in [5.74, 6) is -0.782. The number of amides is 1. The lowest BCUT2D eigenvalue weighted by molar-refractivity contribution is -0.147. The number of para-hydroxylation sites is 1. The third-order valence-corrected chi connectivity index (χ3v) is 4.52. The second-order valence-corrected chi connectivity index (χ2v) is 6.46. The van der Waals surface area contributed by atoms with E-state index in [1.54, 1.807) is 13.0 Å². The normalized spacial score (nSPS) is 12.7. The molecule has 0 aliphatic rings. The summed E-state index contributed by atoms with van der Waals surface area (Å²) in [5, 5.41) is 8.75. The van der Waals surface area contributed by atoms with Crippen molar-refractivity contribution in [3.63, 3.8) is 0 Å². The van der Waals surface area contributed by atoms with E-state index in [1.807, 2.05) is 18.2 Å². The summed E-state index contributed by atoms with van der Waals surface area (Å²) in [6.45, 7) is 1.84. The molecule has 2 aromatic rings. The first-order valence-corrected chi connectivity index (χ1v) is 8.15. The Labute approximate surface area is 146 Å². The largest absolute Gasteiger partial charge is 0.496 e. The Morgan fingerprint density at radius 3 is 2.64 bits per heavy atom. The molecule has 1 aromatic carbocycles. The molecule has 0 saturated heterocycles. The maximum atomic E-state index is 12.7. The molecule has 1 amide bonds. The van der Waals surface area contributed by atoms with E-state index in [4.69, 9.17) is 4.74 Å². The van der Waals surface area contributed by atoms with Crippen LogP contribution in [0, 0.1) is 0 Å². The number of carbonyl (C=O) groups is 1. The number of aromatic nitrogens is 3. The minimum Gasteiger partial charge on any atom is -0.496 e. The van der Waals surface area contributed by atoms with Crippen molar-refractivity contribution in [3.05, 3.63) is 35.7 Å². The van der Waals surface area contributed by atoms with E-state index in [0.29, 0.717) is 5.75 Å². The fourth-order valence-corrected chi connectivity index (χ4v) is 2.89. The van der Waals surface area contributed by atoms with Gasteiger partial charge in [0.1, 0.15) is 5.75 Å². The molecule has 0 unspecified atom stereocenters. The number of rotatable bonds is 6. The molecular formula is C15H17F3N4O2S. The fraction of sp³-hybridized carbons (Fsp3) is 0.400. The van der Waals surface area contributed by atoms with Crippen LogP contribution in [0.15, 0.2) is 29.4 Å². The van der Waals surface area contributed by atoms with Gasteiger partial charge in [-0.05, 0) is 13.0 Å². The van der Waals surface area contributed by atoms with Crippen LogP contribution in [0.4, 0.5) is 13.2 Å². The van der Waals surface area contributed by atoms with Gasteiger partial charge in [-0.25, -0.2) is 0 Å². The van der Waals surface area contributed by atoms with Crippen LogP contribution >= 0.6 is 11.8 Å². The van der Waals surface area contributed by atoms with E-state index in [2.05, 4.69) is 15.5 Å². The van der Waals surface area contributed by atoms with Crippen molar-refractivity contribution in [2.75, 3.05) is 7.11 Å². The summed E-state index contributed by atoms with van der Waals surface area (Å²) in [6.07, 6.45) is -4.59. The van der Waals surface area contributed by atoms with Crippen LogP contribution in [-0.2, 0) is 24.6 Å². The van der Waals surface area contributed by atoms with Crippen molar-refractivity contribution in [3.8, 4) is 5.75 Å². The number of methoxy groups -OCH3 is 1. The van der Waals surface area contributed by atoms with Gasteiger partial charge < -0.3 is 14.6 Å². The Morgan fingerprint density at radius 1 is 1.36 bits per heavy atom. The van der Waals surface area contributed by atoms with E-state index in [0.717, 1.165) is 21.9 Å². The SMILES string of the molecule is COc1ccccc1CNC(=O)[C@@H](C)Sc1nnc(C(F)(F)F)n1C. The molecule has 0 radical (unpaired) electrons. The molecule has 1 atom stereocenters. The number of nitrogens with zero attached hydrogens (tertiary/aromatic N) is 3. The lowest BCUT2D eigenvalue weighted by Crippen LogP contribution is -2.30. The van der Waals surface area contributed by atoms with Crippen LogP contribution in [0.1, 0.15) is 18.3 Å². The molecule has 0 aliphatic heterocycles. The molecule has 136 valence electrons. The maximum Gasteiger partial charge on any atom is 0.451 e. The van der Waals surface area contributed by atoms with Gasteiger partial charge in [0, 0.05) is 19.2 Å². The van der Waals surface area contributed by atoms with Crippen molar-refractivity contribution in [1.82, 2.24) is 20.1 Å². The molecule has 1 aromatic heterocycles. The highest BCUT2D eigenvalue weighted by Gasteiger charge is 2.37. The molecule has 0 spiro atoms. The summed E-state index contributed by atoms with van der Waals surface area (Å²) in [6, 6.07) is 7.22. The molecule has 0 bridgehead atoms. The Bertz CT molecular complexity index is 749. The average Bonchev–Trinajstić information content (AvgIpc) is 2.93. The summed E-state index contributed by atoms with van der Waals surface area (Å²) >= 11 is 0.906. The highest BCUT2D eigenvalue weighted by molar-refractivity contribution is 8.00. The van der Waals surface area contributed by atoms with Gasteiger partial charge in [-0.1, -0.05) is 30.0 Å². The Morgan fingerprint density at radius 2 is 2.04 bits per heavy atom. The van der Waals surface area contributed by atoms with Crippen LogP contribution in [-0.4, -0.2) is 33.0 Å². The summed E-state index contributed by atoms with van der Waals surface area (Å²) < 4.78 is 44.2.